The van der Waals surface area contributed by atoms with Gasteiger partial charge in [0.25, 0.3) is 5.91 Å². The van der Waals surface area contributed by atoms with Gasteiger partial charge in [0.05, 0.1) is 24.1 Å². The third-order valence-corrected chi connectivity index (χ3v) is 15.6. The minimum absolute atomic E-state index is 0.0856. The molecule has 0 spiro atoms. The predicted octanol–water partition coefficient (Wildman–Crippen LogP) is 8.77. The van der Waals surface area contributed by atoms with Crippen LogP contribution >= 0.6 is 15.9 Å². The summed E-state index contributed by atoms with van der Waals surface area (Å²) in [6, 6.07) is 15.5. The lowest BCUT2D eigenvalue weighted by atomic mass is 10.00. The van der Waals surface area contributed by atoms with E-state index in [2.05, 4.69) is 61.2 Å². The first kappa shape index (κ1) is 34.3. The maximum atomic E-state index is 13.7. The number of anilines is 1. The molecule has 1 amide bonds. The molecule has 0 unspecified atom stereocenters. The summed E-state index contributed by atoms with van der Waals surface area (Å²) in [6.45, 7) is 11.8. The highest BCUT2D eigenvalue weighted by atomic mass is 79.9. The van der Waals surface area contributed by atoms with Gasteiger partial charge in [-0.15, -0.1) is 0 Å². The van der Waals surface area contributed by atoms with Gasteiger partial charge < -0.3 is 14.2 Å². The Kier molecular flexibility index (Phi) is 9.63. The summed E-state index contributed by atoms with van der Waals surface area (Å²) in [7, 11) is -4.10. The van der Waals surface area contributed by atoms with Crippen molar-refractivity contribution < 1.29 is 26.4 Å². The van der Waals surface area contributed by atoms with Crippen LogP contribution in [0.1, 0.15) is 66.6 Å². The van der Waals surface area contributed by atoms with E-state index in [4.69, 9.17) is 8.84 Å². The Morgan fingerprint density at radius 1 is 1.11 bits per heavy atom. The lowest BCUT2D eigenvalue weighted by Crippen LogP contribution is -2.40. The predicted molar refractivity (Wildman–Crippen MR) is 189 cm³/mol. The van der Waals surface area contributed by atoms with Crippen molar-refractivity contribution >= 4 is 56.8 Å². The number of hydrogen-bond acceptors (Lipinski definition) is 5. The van der Waals surface area contributed by atoms with E-state index in [-0.39, 0.29) is 23.4 Å². The third kappa shape index (κ3) is 7.27. The van der Waals surface area contributed by atoms with Gasteiger partial charge in [-0.05, 0) is 96.4 Å². The second kappa shape index (κ2) is 12.9. The maximum Gasteiger partial charge on any atom is 0.255 e. The van der Waals surface area contributed by atoms with Crippen LogP contribution < -0.4 is 9.62 Å². The highest BCUT2D eigenvalue weighted by Crippen LogP contribution is 2.48. The third-order valence-electron chi connectivity index (χ3n) is 9.19. The van der Waals surface area contributed by atoms with Crippen molar-refractivity contribution in [2.24, 2.45) is 0 Å². The molecule has 4 aromatic rings. The molecule has 5 rings (SSSR count). The molecule has 246 valence electrons. The first-order valence-corrected chi connectivity index (χ1v) is 21.0. The Bertz CT molecular complexity index is 1880. The molecule has 1 aliphatic carbocycles. The van der Waals surface area contributed by atoms with Gasteiger partial charge in [-0.25, -0.2) is 12.8 Å². The summed E-state index contributed by atoms with van der Waals surface area (Å²) in [5.41, 5.74) is 4.73. The largest absolute Gasteiger partial charge is 0.455 e. The Balaban J connectivity index is 1.52. The van der Waals surface area contributed by atoms with E-state index in [1.165, 1.54) is 22.7 Å². The average Bonchev–Trinajstić information content (AvgIpc) is 3.76. The van der Waals surface area contributed by atoms with E-state index in [1.54, 1.807) is 25.2 Å². The first-order chi connectivity index (χ1) is 21.5. The zero-order valence-electron chi connectivity index (χ0n) is 27.5. The molecule has 3 aromatic carbocycles. The van der Waals surface area contributed by atoms with Crippen LogP contribution in [0, 0.1) is 5.82 Å². The van der Waals surface area contributed by atoms with Crippen LogP contribution in [0.3, 0.4) is 0 Å². The highest BCUT2D eigenvalue weighted by molar-refractivity contribution is 9.10. The molecule has 0 atom stereocenters. The zero-order chi connectivity index (χ0) is 33.6. The zero-order valence-corrected chi connectivity index (χ0v) is 30.9. The number of hydrogen-bond donors (Lipinski definition) is 1. The molecular weight excluding hydrogens is 687 g/mol. The van der Waals surface area contributed by atoms with Crippen LogP contribution in [0.15, 0.2) is 63.5 Å². The molecular formula is C35H42BrFN2O5SSi. The van der Waals surface area contributed by atoms with Crippen LogP contribution in [0.25, 0.3) is 22.3 Å². The summed E-state index contributed by atoms with van der Waals surface area (Å²) in [4.78, 5) is 13.1. The number of benzene rings is 3. The van der Waals surface area contributed by atoms with Crippen molar-refractivity contribution in [3.05, 3.63) is 87.1 Å². The van der Waals surface area contributed by atoms with E-state index >= 15 is 0 Å². The number of carbonyl (C=O) groups is 1. The van der Waals surface area contributed by atoms with Crippen LogP contribution in [0.5, 0.6) is 0 Å². The molecule has 1 fully saturated rings. The Morgan fingerprint density at radius 3 is 2.37 bits per heavy atom. The number of carbonyl (C=O) groups excluding carboxylic acids is 1. The molecule has 0 aliphatic heterocycles. The van der Waals surface area contributed by atoms with Crippen LogP contribution in [-0.4, -0.2) is 42.5 Å². The van der Waals surface area contributed by atoms with E-state index in [1.807, 2.05) is 18.2 Å². The molecule has 1 heterocycles. The minimum atomic E-state index is -3.69. The number of nitrogens with one attached hydrogen (secondary N) is 1. The average molecular weight is 730 g/mol. The molecule has 1 N–H and O–H groups in total. The van der Waals surface area contributed by atoms with Gasteiger partial charge in [0.15, 0.2) is 8.32 Å². The van der Waals surface area contributed by atoms with Crippen LogP contribution in [0.2, 0.25) is 18.1 Å². The van der Waals surface area contributed by atoms with Crippen molar-refractivity contribution in [3.63, 3.8) is 0 Å². The van der Waals surface area contributed by atoms with Gasteiger partial charge in [0, 0.05) is 35.1 Å². The fraction of sp³-hybridized carbons (Fsp3) is 0.400. The molecule has 11 heteroatoms. The molecule has 1 aliphatic rings. The Hall–Kier alpha value is -2.99. The fourth-order valence-corrected chi connectivity index (χ4v) is 7.55. The monoisotopic (exact) mass is 728 g/mol. The quantitative estimate of drug-likeness (QED) is 0.156. The number of rotatable bonds is 11. The second-order valence-electron chi connectivity index (χ2n) is 13.6. The van der Waals surface area contributed by atoms with E-state index in [9.17, 15) is 17.6 Å². The van der Waals surface area contributed by atoms with E-state index in [0.717, 1.165) is 34.0 Å². The lowest BCUT2D eigenvalue weighted by Gasteiger charge is -2.36. The number of nitrogens with zero attached hydrogens (tertiary/aromatic N) is 1. The molecule has 0 radical (unpaired) electrons. The summed E-state index contributed by atoms with van der Waals surface area (Å²) >= 11 is 3.67. The van der Waals surface area contributed by atoms with E-state index < -0.39 is 24.2 Å². The molecule has 46 heavy (non-hydrogen) atoms. The van der Waals surface area contributed by atoms with Crippen molar-refractivity contribution in [3.8, 4) is 11.3 Å². The lowest BCUT2D eigenvalue weighted by molar-refractivity contribution is 0.0964. The summed E-state index contributed by atoms with van der Waals surface area (Å²) in [5.74, 6) is -0.251. The normalized spacial score (nSPS) is 14.1. The van der Waals surface area contributed by atoms with Gasteiger partial charge in [-0.2, -0.15) is 0 Å². The molecule has 0 saturated heterocycles. The number of sulfonamides is 1. The minimum Gasteiger partial charge on any atom is -0.455 e. The smallest absolute Gasteiger partial charge is 0.255 e. The number of amides is 1. The Labute approximate surface area is 280 Å². The van der Waals surface area contributed by atoms with Crippen molar-refractivity contribution in [1.82, 2.24) is 5.32 Å². The van der Waals surface area contributed by atoms with Crippen molar-refractivity contribution in [2.45, 2.75) is 70.7 Å². The van der Waals surface area contributed by atoms with Gasteiger partial charge in [-0.3, -0.25) is 9.10 Å². The SMILES string of the molecule is CNC(=O)c1c(-c2ccc(F)cc2)oc2cc(N(CCc3ccc(Br)c(CO[Si](C)(C)C(C)(C)C)c3)S(C)(=O)=O)c(C3CC3)cc12. The second-order valence-corrected chi connectivity index (χ2v) is 21.2. The molecule has 1 aromatic heterocycles. The highest BCUT2D eigenvalue weighted by Gasteiger charge is 2.37. The number of halogens is 2. The van der Waals surface area contributed by atoms with Crippen molar-refractivity contribution in [2.75, 3.05) is 24.2 Å². The number of furan rings is 1. The molecule has 7 nitrogen and oxygen atoms in total. The molecule has 1 saturated carbocycles. The van der Waals surface area contributed by atoms with E-state index in [0.29, 0.717) is 46.6 Å². The van der Waals surface area contributed by atoms with Crippen LogP contribution in [0.4, 0.5) is 10.1 Å². The van der Waals surface area contributed by atoms with Crippen LogP contribution in [-0.2, 0) is 27.5 Å². The number of fused-ring (bicyclic) bond motifs is 1. The summed E-state index contributed by atoms with van der Waals surface area (Å²) in [6.07, 6.45) is 3.56. The van der Waals surface area contributed by atoms with Gasteiger partial charge in [-0.1, -0.05) is 48.8 Å². The summed E-state index contributed by atoms with van der Waals surface area (Å²) < 4.78 is 55.6. The topological polar surface area (TPSA) is 88.8 Å². The van der Waals surface area contributed by atoms with Gasteiger partial charge in [0.2, 0.25) is 10.0 Å². The standard InChI is InChI=1S/C35H42BrFN2O5SSi/c1-35(2,3)46(6,7)43-21-25-18-22(8-15-29(25)36)16-17-39(45(5,41)42)30-20-31-28(19-27(30)23-9-10-23)32(34(40)38-4)33(44-31)24-11-13-26(37)14-12-24/h8,11-15,18-20,23H,9-10,16-17,21H2,1-7H3,(H,38,40). The fourth-order valence-electron chi connectivity index (χ4n) is 5.31. The maximum absolute atomic E-state index is 13.7. The Morgan fingerprint density at radius 2 is 1.78 bits per heavy atom. The van der Waals surface area contributed by atoms with Gasteiger partial charge >= 0.3 is 0 Å². The molecule has 0 bridgehead atoms. The van der Waals surface area contributed by atoms with Gasteiger partial charge in [0.1, 0.15) is 17.2 Å². The first-order valence-electron chi connectivity index (χ1n) is 15.5. The van der Waals surface area contributed by atoms with Crippen molar-refractivity contribution in [1.29, 1.82) is 0 Å². The summed E-state index contributed by atoms with van der Waals surface area (Å²) in [5, 5.41) is 3.37.